The lowest BCUT2D eigenvalue weighted by molar-refractivity contribution is 0.0955. The first-order valence-electron chi connectivity index (χ1n) is 9.31. The standard InChI is InChI=1S/C22H25N3O3/c1-3-6-18-13-16(14-20(28-2)21(18)26)15-23-24-22(27)17-7-9-19(10-8-17)25-11-4-5-12-25/h3,7-10,13-15,26H,1,4-6,11-12H2,2H3,(H,24,27)/b23-15+. The molecule has 3 rings (SSSR count). The van der Waals surface area contributed by atoms with Crippen LogP contribution in [0, 0.1) is 0 Å². The van der Waals surface area contributed by atoms with Crippen molar-refractivity contribution in [3.63, 3.8) is 0 Å². The number of hydrogen-bond acceptors (Lipinski definition) is 5. The van der Waals surface area contributed by atoms with Crippen LogP contribution in [0.2, 0.25) is 0 Å². The van der Waals surface area contributed by atoms with E-state index in [4.69, 9.17) is 4.74 Å². The highest BCUT2D eigenvalue weighted by Crippen LogP contribution is 2.31. The van der Waals surface area contributed by atoms with E-state index in [1.807, 2.05) is 24.3 Å². The summed E-state index contributed by atoms with van der Waals surface area (Å²) in [4.78, 5) is 14.6. The van der Waals surface area contributed by atoms with Gasteiger partial charge in [-0.2, -0.15) is 5.10 Å². The number of allylic oxidation sites excluding steroid dienone is 1. The molecule has 0 atom stereocenters. The number of hydrogen-bond donors (Lipinski definition) is 2. The molecule has 0 saturated carbocycles. The minimum Gasteiger partial charge on any atom is -0.504 e. The summed E-state index contributed by atoms with van der Waals surface area (Å²) in [5, 5.41) is 14.1. The first kappa shape index (κ1) is 19.5. The molecule has 0 bridgehead atoms. The lowest BCUT2D eigenvalue weighted by Gasteiger charge is -2.17. The predicted octanol–water partition coefficient (Wildman–Crippen LogP) is 3.49. The van der Waals surface area contributed by atoms with Crippen LogP contribution in [0.25, 0.3) is 0 Å². The molecule has 28 heavy (non-hydrogen) atoms. The number of nitrogens with zero attached hydrogens (tertiary/aromatic N) is 2. The zero-order valence-electron chi connectivity index (χ0n) is 16.0. The molecule has 1 aliphatic heterocycles. The van der Waals surface area contributed by atoms with Gasteiger partial charge in [-0.25, -0.2) is 5.43 Å². The average Bonchev–Trinajstić information content (AvgIpc) is 3.25. The zero-order chi connectivity index (χ0) is 19.9. The van der Waals surface area contributed by atoms with E-state index in [-0.39, 0.29) is 11.7 Å². The van der Waals surface area contributed by atoms with E-state index in [9.17, 15) is 9.90 Å². The maximum Gasteiger partial charge on any atom is 0.271 e. The van der Waals surface area contributed by atoms with Gasteiger partial charge in [0.05, 0.1) is 13.3 Å². The van der Waals surface area contributed by atoms with Crippen molar-refractivity contribution in [3.05, 3.63) is 65.7 Å². The average molecular weight is 379 g/mol. The molecule has 6 nitrogen and oxygen atoms in total. The van der Waals surface area contributed by atoms with Crippen molar-refractivity contribution < 1.29 is 14.6 Å². The molecule has 0 aliphatic carbocycles. The van der Waals surface area contributed by atoms with E-state index < -0.39 is 0 Å². The highest BCUT2D eigenvalue weighted by Gasteiger charge is 2.13. The molecule has 1 amide bonds. The topological polar surface area (TPSA) is 74.2 Å². The Morgan fingerprint density at radius 1 is 1.29 bits per heavy atom. The molecule has 2 aromatic rings. The summed E-state index contributed by atoms with van der Waals surface area (Å²) in [5.41, 5.74) is 5.61. The number of aromatic hydroxyl groups is 1. The number of benzene rings is 2. The van der Waals surface area contributed by atoms with Crippen molar-refractivity contribution in [2.75, 3.05) is 25.1 Å². The number of rotatable bonds is 7. The first-order valence-corrected chi connectivity index (χ1v) is 9.31. The lowest BCUT2D eigenvalue weighted by Crippen LogP contribution is -2.19. The van der Waals surface area contributed by atoms with Gasteiger partial charge >= 0.3 is 0 Å². The summed E-state index contributed by atoms with van der Waals surface area (Å²) in [6, 6.07) is 11.0. The summed E-state index contributed by atoms with van der Waals surface area (Å²) in [7, 11) is 1.49. The molecule has 1 aliphatic rings. The minimum atomic E-state index is -0.277. The summed E-state index contributed by atoms with van der Waals surface area (Å²) < 4.78 is 5.19. The van der Waals surface area contributed by atoms with Crippen LogP contribution in [0.1, 0.15) is 34.3 Å². The summed E-state index contributed by atoms with van der Waals surface area (Å²) in [5.74, 6) is 0.160. The number of methoxy groups -OCH3 is 1. The van der Waals surface area contributed by atoms with Crippen LogP contribution in [0.3, 0.4) is 0 Å². The van der Waals surface area contributed by atoms with E-state index >= 15 is 0 Å². The Balaban J connectivity index is 1.66. The second-order valence-corrected chi connectivity index (χ2v) is 6.66. The smallest absolute Gasteiger partial charge is 0.271 e. The zero-order valence-corrected chi connectivity index (χ0v) is 16.0. The molecule has 2 N–H and O–H groups in total. The number of carbonyl (C=O) groups excluding carboxylic acids is 1. The molecule has 1 heterocycles. The van der Waals surface area contributed by atoms with Crippen LogP contribution >= 0.6 is 0 Å². The molecule has 0 radical (unpaired) electrons. The maximum absolute atomic E-state index is 12.3. The lowest BCUT2D eigenvalue weighted by atomic mass is 10.1. The highest BCUT2D eigenvalue weighted by molar-refractivity contribution is 5.95. The Kier molecular flexibility index (Phi) is 6.32. The van der Waals surface area contributed by atoms with Gasteiger partial charge in [-0.1, -0.05) is 6.08 Å². The SMILES string of the molecule is C=CCc1cc(/C=N/NC(=O)c2ccc(N3CCCC3)cc2)cc(OC)c1O. The van der Waals surface area contributed by atoms with Crippen LogP contribution in [-0.2, 0) is 6.42 Å². The van der Waals surface area contributed by atoms with Gasteiger partial charge < -0.3 is 14.7 Å². The number of phenols is 1. The van der Waals surface area contributed by atoms with Gasteiger partial charge in [0, 0.05) is 29.9 Å². The van der Waals surface area contributed by atoms with Crippen molar-refractivity contribution in [2.45, 2.75) is 19.3 Å². The van der Waals surface area contributed by atoms with Crippen molar-refractivity contribution in [3.8, 4) is 11.5 Å². The fourth-order valence-electron chi connectivity index (χ4n) is 3.26. The van der Waals surface area contributed by atoms with E-state index in [2.05, 4.69) is 22.0 Å². The highest BCUT2D eigenvalue weighted by atomic mass is 16.5. The summed E-state index contributed by atoms with van der Waals surface area (Å²) in [6.45, 7) is 5.83. The molecule has 146 valence electrons. The van der Waals surface area contributed by atoms with E-state index in [1.165, 1.54) is 26.2 Å². The first-order chi connectivity index (χ1) is 13.6. The summed E-state index contributed by atoms with van der Waals surface area (Å²) in [6.07, 6.45) is 6.15. The van der Waals surface area contributed by atoms with Crippen LogP contribution in [0.15, 0.2) is 54.2 Å². The number of nitrogens with one attached hydrogen (secondary N) is 1. The second-order valence-electron chi connectivity index (χ2n) is 6.66. The van der Waals surface area contributed by atoms with Gasteiger partial charge in [0.1, 0.15) is 0 Å². The molecular weight excluding hydrogens is 354 g/mol. The van der Waals surface area contributed by atoms with Crippen molar-refractivity contribution in [2.24, 2.45) is 5.10 Å². The normalized spacial score (nSPS) is 13.7. The van der Waals surface area contributed by atoms with Crippen molar-refractivity contribution in [1.29, 1.82) is 0 Å². The van der Waals surface area contributed by atoms with Crippen LogP contribution in [0.4, 0.5) is 5.69 Å². The van der Waals surface area contributed by atoms with Crippen molar-refractivity contribution in [1.82, 2.24) is 5.43 Å². The third-order valence-electron chi connectivity index (χ3n) is 4.74. The molecule has 1 fully saturated rings. The Morgan fingerprint density at radius 3 is 2.64 bits per heavy atom. The van der Waals surface area contributed by atoms with Crippen molar-refractivity contribution >= 4 is 17.8 Å². The van der Waals surface area contributed by atoms with E-state index in [1.54, 1.807) is 18.2 Å². The summed E-state index contributed by atoms with van der Waals surface area (Å²) >= 11 is 0. The Hall–Kier alpha value is -3.28. The Bertz CT molecular complexity index is 869. The number of anilines is 1. The van der Waals surface area contributed by atoms with Gasteiger partial charge in [0.2, 0.25) is 0 Å². The quantitative estimate of drug-likeness (QED) is 0.439. The van der Waals surface area contributed by atoms with Crippen LogP contribution in [-0.4, -0.2) is 37.4 Å². The minimum absolute atomic E-state index is 0.0849. The molecule has 0 spiro atoms. The molecule has 0 unspecified atom stereocenters. The molecule has 0 aromatic heterocycles. The predicted molar refractivity (Wildman–Crippen MR) is 112 cm³/mol. The fourth-order valence-corrected chi connectivity index (χ4v) is 3.26. The third kappa shape index (κ3) is 4.52. The van der Waals surface area contributed by atoms with Gasteiger partial charge in [0.25, 0.3) is 5.91 Å². The second kappa shape index (κ2) is 9.08. The third-order valence-corrected chi connectivity index (χ3v) is 4.74. The monoisotopic (exact) mass is 379 g/mol. The number of amides is 1. The van der Waals surface area contributed by atoms with Gasteiger partial charge in [-0.3, -0.25) is 4.79 Å². The molecule has 6 heteroatoms. The van der Waals surface area contributed by atoms with Gasteiger partial charge in [-0.15, -0.1) is 6.58 Å². The molecular formula is C22H25N3O3. The number of hydrazone groups is 1. The molecule has 2 aromatic carbocycles. The van der Waals surface area contributed by atoms with E-state index in [0.717, 1.165) is 18.8 Å². The largest absolute Gasteiger partial charge is 0.504 e. The van der Waals surface area contributed by atoms with Gasteiger partial charge in [0.15, 0.2) is 11.5 Å². The van der Waals surface area contributed by atoms with Crippen LogP contribution in [0.5, 0.6) is 11.5 Å². The fraction of sp³-hybridized carbons (Fsp3) is 0.273. The Labute approximate surface area is 165 Å². The Morgan fingerprint density at radius 2 is 2.00 bits per heavy atom. The number of ether oxygens (including phenoxy) is 1. The molecule has 1 saturated heterocycles. The van der Waals surface area contributed by atoms with E-state index in [0.29, 0.717) is 28.9 Å². The maximum atomic E-state index is 12.3. The number of carbonyl (C=O) groups is 1. The van der Waals surface area contributed by atoms with Crippen LogP contribution < -0.4 is 15.1 Å². The number of phenolic OH excluding ortho intramolecular Hbond substituents is 1. The van der Waals surface area contributed by atoms with Gasteiger partial charge in [-0.05, 0) is 61.2 Å².